The number of carbonyl (C=O) groups is 1. The van der Waals surface area contributed by atoms with E-state index in [0.717, 1.165) is 18.4 Å². The van der Waals surface area contributed by atoms with Crippen molar-refractivity contribution in [2.75, 3.05) is 5.75 Å². The minimum Gasteiger partial charge on any atom is -0.335 e. The molecule has 1 amide bonds. The molecular weight excluding hydrogens is 427 g/mol. The predicted octanol–water partition coefficient (Wildman–Crippen LogP) is 3.44. The molecule has 0 radical (unpaired) electrons. The summed E-state index contributed by atoms with van der Waals surface area (Å²) in [6.45, 7) is 1.47. The van der Waals surface area contributed by atoms with Gasteiger partial charge in [-0.3, -0.25) is 4.79 Å². The highest BCUT2D eigenvalue weighted by Gasteiger charge is 2.30. The minimum absolute atomic E-state index is 0.0624. The number of carbonyl (C=O) groups excluding carboxylic acids is 1. The Balaban J connectivity index is 2.00. The van der Waals surface area contributed by atoms with E-state index in [1.54, 1.807) is 0 Å². The number of alkyl halides is 3. The number of pyridine rings is 2. The molecule has 2 aromatic heterocycles. The van der Waals surface area contributed by atoms with E-state index >= 15 is 0 Å². The third-order valence-corrected chi connectivity index (χ3v) is 6.82. The highest BCUT2D eigenvalue weighted by Crippen LogP contribution is 2.40. The number of thioether (sulfide) groups is 1. The number of sulfone groups is 1. The fourth-order valence-corrected chi connectivity index (χ4v) is 4.37. The van der Waals surface area contributed by atoms with Crippen LogP contribution in [0.15, 0.2) is 45.4 Å². The van der Waals surface area contributed by atoms with Gasteiger partial charge in [-0.25, -0.2) is 13.4 Å². The van der Waals surface area contributed by atoms with Crippen LogP contribution in [0.4, 0.5) is 13.2 Å². The van der Waals surface area contributed by atoms with Gasteiger partial charge in [-0.15, -0.1) is 0 Å². The summed E-state index contributed by atoms with van der Waals surface area (Å²) in [5.74, 6) is -0.808. The van der Waals surface area contributed by atoms with Crippen molar-refractivity contribution in [3.63, 3.8) is 0 Å². The number of hydrogen-bond acceptors (Lipinski definition) is 5. The van der Waals surface area contributed by atoms with Gasteiger partial charge in [0, 0.05) is 24.3 Å². The van der Waals surface area contributed by atoms with Crippen LogP contribution in [0.25, 0.3) is 0 Å². The van der Waals surface area contributed by atoms with Crippen molar-refractivity contribution in [3.05, 3.63) is 47.3 Å². The number of nitrogens with zero attached hydrogens (tertiary/aromatic N) is 3. The van der Waals surface area contributed by atoms with Crippen molar-refractivity contribution in [1.82, 2.24) is 9.55 Å². The summed E-state index contributed by atoms with van der Waals surface area (Å²) >= 11 is -0.281. The van der Waals surface area contributed by atoms with Gasteiger partial charge in [0.15, 0.2) is 9.84 Å². The third kappa shape index (κ3) is 5.27. The van der Waals surface area contributed by atoms with Crippen molar-refractivity contribution in [1.29, 1.82) is 0 Å². The molecule has 1 aliphatic carbocycles. The Morgan fingerprint density at radius 3 is 2.59 bits per heavy atom. The lowest BCUT2D eigenvalue weighted by atomic mass is 10.2. The lowest BCUT2D eigenvalue weighted by molar-refractivity contribution is -0.0328. The second-order valence-electron chi connectivity index (χ2n) is 6.59. The highest BCUT2D eigenvalue weighted by molar-refractivity contribution is 8.00. The molecule has 0 saturated heterocycles. The number of aryl methyl sites for hydroxylation is 1. The maximum Gasteiger partial charge on any atom is 0.446 e. The van der Waals surface area contributed by atoms with Crippen molar-refractivity contribution >= 4 is 27.5 Å². The molecule has 1 fully saturated rings. The fraction of sp³-hybridized carbons (Fsp3) is 0.389. The Bertz CT molecular complexity index is 1120. The van der Waals surface area contributed by atoms with Gasteiger partial charge in [-0.1, -0.05) is 6.92 Å². The molecule has 0 atom stereocenters. The number of aromatic nitrogens is 2. The van der Waals surface area contributed by atoms with Crippen LogP contribution in [0, 0.1) is 0 Å². The van der Waals surface area contributed by atoms with E-state index in [0.29, 0.717) is 0 Å². The summed E-state index contributed by atoms with van der Waals surface area (Å²) in [5, 5.41) is 0. The van der Waals surface area contributed by atoms with Crippen LogP contribution in [0.1, 0.15) is 41.7 Å². The lowest BCUT2D eigenvalue weighted by Crippen LogP contribution is -2.21. The Morgan fingerprint density at radius 1 is 1.34 bits per heavy atom. The quantitative estimate of drug-likeness (QED) is 0.659. The standard InChI is InChI=1S/C18H18F3N3O3S2/c1-3-29(26,27)14-8-12(11-4-5-11)9-22-16(14)17(25)23-15-7-6-13(10-24(15)2)28-18(19,20)21/h6-11H,3-5H2,1-2H3. The molecule has 3 rings (SSSR count). The van der Waals surface area contributed by atoms with Crippen molar-refractivity contribution in [2.45, 2.75) is 41.0 Å². The van der Waals surface area contributed by atoms with E-state index in [1.165, 1.54) is 49.1 Å². The first-order chi connectivity index (χ1) is 13.5. The Morgan fingerprint density at radius 2 is 2.03 bits per heavy atom. The molecule has 2 heterocycles. The van der Waals surface area contributed by atoms with Gasteiger partial charge in [-0.05, 0) is 54.3 Å². The predicted molar refractivity (Wildman–Crippen MR) is 101 cm³/mol. The molecule has 1 aliphatic rings. The molecular formula is C18H18F3N3O3S2. The van der Waals surface area contributed by atoms with Crippen LogP contribution >= 0.6 is 11.8 Å². The average Bonchev–Trinajstić information content (AvgIpc) is 3.47. The van der Waals surface area contributed by atoms with Crippen LogP contribution in [0.3, 0.4) is 0 Å². The summed E-state index contributed by atoms with van der Waals surface area (Å²) in [7, 11) is -2.27. The topological polar surface area (TPSA) is 81.4 Å². The van der Waals surface area contributed by atoms with E-state index in [9.17, 15) is 26.4 Å². The molecule has 0 N–H and O–H groups in total. The molecule has 156 valence electrons. The largest absolute Gasteiger partial charge is 0.446 e. The first kappa shape index (κ1) is 21.6. The maximum atomic E-state index is 12.7. The fourth-order valence-electron chi connectivity index (χ4n) is 2.69. The van der Waals surface area contributed by atoms with E-state index in [4.69, 9.17) is 0 Å². The lowest BCUT2D eigenvalue weighted by Gasteiger charge is -2.09. The molecule has 0 unspecified atom stereocenters. The zero-order valence-electron chi connectivity index (χ0n) is 15.6. The van der Waals surface area contributed by atoms with Crippen molar-refractivity contribution in [3.8, 4) is 0 Å². The number of rotatable bonds is 5. The molecule has 2 aromatic rings. The van der Waals surface area contributed by atoms with Gasteiger partial charge < -0.3 is 4.57 Å². The van der Waals surface area contributed by atoms with Crippen LogP contribution in [-0.2, 0) is 16.9 Å². The Kier molecular flexibility index (Phi) is 5.91. The smallest absolute Gasteiger partial charge is 0.335 e. The molecule has 0 aromatic carbocycles. The monoisotopic (exact) mass is 445 g/mol. The number of amides is 1. The summed E-state index contributed by atoms with van der Waals surface area (Å²) in [6, 6.07) is 3.94. The van der Waals surface area contributed by atoms with Gasteiger partial charge in [0.2, 0.25) is 0 Å². The van der Waals surface area contributed by atoms with E-state index in [-0.39, 0.29) is 44.4 Å². The maximum absolute atomic E-state index is 12.7. The summed E-state index contributed by atoms with van der Waals surface area (Å²) in [6.07, 6.45) is 4.57. The van der Waals surface area contributed by atoms with Gasteiger partial charge >= 0.3 is 5.51 Å². The van der Waals surface area contributed by atoms with Gasteiger partial charge in [-0.2, -0.15) is 18.2 Å². The molecule has 11 heteroatoms. The second-order valence-corrected chi connectivity index (χ2v) is 9.98. The summed E-state index contributed by atoms with van der Waals surface area (Å²) < 4.78 is 63.7. The zero-order valence-corrected chi connectivity index (χ0v) is 17.2. The third-order valence-electron chi connectivity index (χ3n) is 4.37. The number of halogens is 3. The SMILES string of the molecule is CCS(=O)(=O)c1cc(C2CC2)cnc1C(=O)N=c1ccc(SC(F)(F)F)cn1C. The van der Waals surface area contributed by atoms with E-state index < -0.39 is 21.3 Å². The average molecular weight is 445 g/mol. The van der Waals surface area contributed by atoms with Crippen LogP contribution in [-0.4, -0.2) is 35.1 Å². The van der Waals surface area contributed by atoms with Crippen molar-refractivity contribution < 1.29 is 26.4 Å². The van der Waals surface area contributed by atoms with Gasteiger partial charge in [0.1, 0.15) is 11.2 Å². The first-order valence-electron chi connectivity index (χ1n) is 8.74. The first-order valence-corrected chi connectivity index (χ1v) is 11.2. The van der Waals surface area contributed by atoms with Gasteiger partial charge in [0.25, 0.3) is 5.91 Å². The summed E-state index contributed by atoms with van der Waals surface area (Å²) in [4.78, 5) is 20.4. The Hall–Kier alpha value is -2.14. The molecule has 29 heavy (non-hydrogen) atoms. The minimum atomic E-state index is -4.43. The second kappa shape index (κ2) is 7.94. The molecule has 0 bridgehead atoms. The molecule has 1 saturated carbocycles. The van der Waals surface area contributed by atoms with Gasteiger partial charge in [0.05, 0.1) is 10.6 Å². The van der Waals surface area contributed by atoms with E-state index in [1.807, 2.05) is 0 Å². The molecule has 0 aliphatic heterocycles. The van der Waals surface area contributed by atoms with Crippen LogP contribution < -0.4 is 5.49 Å². The molecule has 6 nitrogen and oxygen atoms in total. The van der Waals surface area contributed by atoms with Crippen LogP contribution in [0.5, 0.6) is 0 Å². The number of hydrogen-bond donors (Lipinski definition) is 0. The van der Waals surface area contributed by atoms with Crippen LogP contribution in [0.2, 0.25) is 0 Å². The Labute approximate surface area is 169 Å². The van der Waals surface area contributed by atoms with E-state index in [2.05, 4.69) is 9.98 Å². The normalized spacial score (nSPS) is 15.6. The molecule has 0 spiro atoms. The van der Waals surface area contributed by atoms with Crippen molar-refractivity contribution in [2.24, 2.45) is 12.0 Å². The zero-order chi connectivity index (χ0) is 21.4. The summed E-state index contributed by atoms with van der Waals surface area (Å²) in [5.41, 5.74) is -3.87. The highest BCUT2D eigenvalue weighted by atomic mass is 32.2.